The predicted octanol–water partition coefficient (Wildman–Crippen LogP) is 5.80. The molecule has 0 bridgehead atoms. The van der Waals surface area contributed by atoms with Crippen molar-refractivity contribution in [2.45, 2.75) is 32.2 Å². The van der Waals surface area contributed by atoms with E-state index in [1.54, 1.807) is 19.1 Å². The number of rotatable bonds is 6. The van der Waals surface area contributed by atoms with E-state index in [1.807, 2.05) is 24.3 Å². The van der Waals surface area contributed by atoms with E-state index in [4.69, 9.17) is 0 Å². The number of pyridine rings is 1. The minimum absolute atomic E-state index is 0.0468. The quantitative estimate of drug-likeness (QED) is 0.421. The van der Waals surface area contributed by atoms with Gasteiger partial charge in [0.05, 0.1) is 17.8 Å². The predicted molar refractivity (Wildman–Crippen MR) is 128 cm³/mol. The monoisotopic (exact) mass is 499 g/mol. The average Bonchev–Trinajstić information content (AvgIpc) is 2.85. The number of nitrogens with one attached hydrogen (secondary N) is 2. The first-order chi connectivity index (χ1) is 17.2. The third-order valence-corrected chi connectivity index (χ3v) is 5.95. The van der Waals surface area contributed by atoms with Crippen molar-refractivity contribution in [2.75, 3.05) is 13.1 Å². The SMILES string of the molecule is C[C@@H](NC(=O)c1cncc(OC(F)(F)F)c1)c1ccc(C(=C2CCNCC2)c2ccc(F)cc2)cc1. The van der Waals surface area contributed by atoms with Crippen LogP contribution in [0.15, 0.2) is 72.6 Å². The highest BCUT2D eigenvalue weighted by Gasteiger charge is 2.31. The number of hydrogen-bond acceptors (Lipinski definition) is 4. The molecule has 188 valence electrons. The summed E-state index contributed by atoms with van der Waals surface area (Å²) >= 11 is 0. The molecule has 1 atom stereocenters. The second kappa shape index (κ2) is 10.9. The van der Waals surface area contributed by atoms with Gasteiger partial charge in [-0.1, -0.05) is 42.0 Å². The molecule has 0 spiro atoms. The molecular weight excluding hydrogens is 474 g/mol. The Hall–Kier alpha value is -3.72. The molecule has 4 rings (SSSR count). The van der Waals surface area contributed by atoms with Crippen LogP contribution in [0.2, 0.25) is 0 Å². The maximum absolute atomic E-state index is 13.5. The van der Waals surface area contributed by atoms with E-state index >= 15 is 0 Å². The third kappa shape index (κ3) is 6.48. The molecule has 0 aliphatic carbocycles. The molecule has 2 aromatic carbocycles. The normalized spacial score (nSPS) is 14.8. The Balaban J connectivity index is 1.52. The second-order valence-electron chi connectivity index (χ2n) is 8.51. The number of carbonyl (C=O) groups is 1. The van der Waals surface area contributed by atoms with Gasteiger partial charge in [0.25, 0.3) is 5.91 Å². The van der Waals surface area contributed by atoms with Gasteiger partial charge in [-0.05, 0) is 73.3 Å². The molecule has 36 heavy (non-hydrogen) atoms. The van der Waals surface area contributed by atoms with Crippen molar-refractivity contribution in [1.82, 2.24) is 15.6 Å². The largest absolute Gasteiger partial charge is 0.573 e. The van der Waals surface area contributed by atoms with Gasteiger partial charge in [0.2, 0.25) is 0 Å². The van der Waals surface area contributed by atoms with Crippen molar-refractivity contribution >= 4 is 11.5 Å². The fraction of sp³-hybridized carbons (Fsp3) is 0.259. The van der Waals surface area contributed by atoms with Crippen LogP contribution in [-0.4, -0.2) is 30.3 Å². The lowest BCUT2D eigenvalue weighted by Gasteiger charge is -2.22. The van der Waals surface area contributed by atoms with Crippen molar-refractivity contribution in [3.05, 3.63) is 101 Å². The molecule has 9 heteroatoms. The third-order valence-electron chi connectivity index (χ3n) is 5.95. The molecule has 5 nitrogen and oxygen atoms in total. The number of ether oxygens (including phenoxy) is 1. The first kappa shape index (κ1) is 25.4. The topological polar surface area (TPSA) is 63.2 Å². The van der Waals surface area contributed by atoms with Crippen molar-refractivity contribution in [3.8, 4) is 5.75 Å². The summed E-state index contributed by atoms with van der Waals surface area (Å²) < 4.78 is 54.8. The smallest absolute Gasteiger partial charge is 0.404 e. The molecule has 0 saturated carbocycles. The first-order valence-electron chi connectivity index (χ1n) is 11.5. The summed E-state index contributed by atoms with van der Waals surface area (Å²) in [5, 5.41) is 6.12. The highest BCUT2D eigenvalue weighted by Crippen LogP contribution is 2.32. The fourth-order valence-electron chi connectivity index (χ4n) is 4.20. The van der Waals surface area contributed by atoms with Gasteiger partial charge in [-0.2, -0.15) is 0 Å². The molecule has 3 aromatic rings. The minimum atomic E-state index is -4.87. The fourth-order valence-corrected chi connectivity index (χ4v) is 4.20. The van der Waals surface area contributed by atoms with Crippen molar-refractivity contribution in [2.24, 2.45) is 0 Å². The number of piperidine rings is 1. The Kier molecular flexibility index (Phi) is 7.69. The summed E-state index contributed by atoms with van der Waals surface area (Å²) in [4.78, 5) is 16.3. The van der Waals surface area contributed by atoms with Gasteiger partial charge in [0.15, 0.2) is 0 Å². The summed E-state index contributed by atoms with van der Waals surface area (Å²) in [6.07, 6.45) is -1.02. The minimum Gasteiger partial charge on any atom is -0.404 e. The summed E-state index contributed by atoms with van der Waals surface area (Å²) in [7, 11) is 0. The van der Waals surface area contributed by atoms with E-state index in [2.05, 4.69) is 20.4 Å². The lowest BCUT2D eigenvalue weighted by atomic mass is 9.88. The Morgan fingerprint density at radius 1 is 0.972 bits per heavy atom. The highest BCUT2D eigenvalue weighted by atomic mass is 19.4. The Bertz CT molecular complexity index is 1230. The highest BCUT2D eigenvalue weighted by molar-refractivity contribution is 5.94. The lowest BCUT2D eigenvalue weighted by Crippen LogP contribution is -2.27. The van der Waals surface area contributed by atoms with Crippen molar-refractivity contribution < 1.29 is 27.1 Å². The maximum atomic E-state index is 13.5. The van der Waals surface area contributed by atoms with Crippen LogP contribution in [0.4, 0.5) is 17.6 Å². The molecule has 2 heterocycles. The van der Waals surface area contributed by atoms with Gasteiger partial charge in [0, 0.05) is 6.20 Å². The Labute approximate surface area is 206 Å². The van der Waals surface area contributed by atoms with E-state index in [1.165, 1.54) is 23.9 Å². The molecule has 0 radical (unpaired) electrons. The zero-order chi connectivity index (χ0) is 25.7. The number of aromatic nitrogens is 1. The van der Waals surface area contributed by atoms with E-state index in [-0.39, 0.29) is 11.4 Å². The first-order valence-corrected chi connectivity index (χ1v) is 11.5. The number of nitrogens with zero attached hydrogens (tertiary/aromatic N) is 1. The van der Waals surface area contributed by atoms with Crippen LogP contribution >= 0.6 is 0 Å². The van der Waals surface area contributed by atoms with Crippen LogP contribution in [0, 0.1) is 5.82 Å². The molecule has 0 unspecified atom stereocenters. The lowest BCUT2D eigenvalue weighted by molar-refractivity contribution is -0.274. The van der Waals surface area contributed by atoms with Gasteiger partial charge in [-0.15, -0.1) is 13.2 Å². The van der Waals surface area contributed by atoms with Gasteiger partial charge in [0.1, 0.15) is 11.6 Å². The van der Waals surface area contributed by atoms with E-state index < -0.39 is 24.1 Å². The molecule has 1 aliphatic rings. The van der Waals surface area contributed by atoms with E-state index in [0.29, 0.717) is 0 Å². The summed E-state index contributed by atoms with van der Waals surface area (Å²) in [5.74, 6) is -1.43. The average molecular weight is 500 g/mol. The van der Waals surface area contributed by atoms with Crippen molar-refractivity contribution in [3.63, 3.8) is 0 Å². The zero-order valence-electron chi connectivity index (χ0n) is 19.5. The molecule has 2 N–H and O–H groups in total. The van der Waals surface area contributed by atoms with Gasteiger partial charge >= 0.3 is 6.36 Å². The maximum Gasteiger partial charge on any atom is 0.573 e. The number of carbonyl (C=O) groups excluding carboxylic acids is 1. The van der Waals surface area contributed by atoms with Crippen molar-refractivity contribution in [1.29, 1.82) is 0 Å². The van der Waals surface area contributed by atoms with Crippen LogP contribution in [-0.2, 0) is 0 Å². The van der Waals surface area contributed by atoms with Crippen LogP contribution in [0.1, 0.15) is 52.9 Å². The van der Waals surface area contributed by atoms with E-state index in [9.17, 15) is 22.4 Å². The summed E-state index contributed by atoms with van der Waals surface area (Å²) in [6.45, 7) is 3.54. The summed E-state index contributed by atoms with van der Waals surface area (Å²) in [6, 6.07) is 14.8. The second-order valence-corrected chi connectivity index (χ2v) is 8.51. The number of alkyl halides is 3. The molecule has 1 saturated heterocycles. The zero-order valence-corrected chi connectivity index (χ0v) is 19.5. The van der Waals surface area contributed by atoms with Gasteiger partial charge in [-0.25, -0.2) is 4.39 Å². The van der Waals surface area contributed by atoms with Crippen LogP contribution < -0.4 is 15.4 Å². The molecule has 1 amide bonds. The summed E-state index contributed by atoms with van der Waals surface area (Å²) in [5.41, 5.74) is 5.07. The Morgan fingerprint density at radius 3 is 2.19 bits per heavy atom. The van der Waals surface area contributed by atoms with Crippen LogP contribution in [0.3, 0.4) is 0 Å². The van der Waals surface area contributed by atoms with Gasteiger partial charge < -0.3 is 15.4 Å². The number of benzene rings is 2. The molecule has 1 fully saturated rings. The number of hydrogen-bond donors (Lipinski definition) is 2. The number of amides is 1. The molecular formula is C27H25F4N3O2. The standard InChI is InChI=1S/C27H25F4N3O2/c1-17(34-26(35)22-14-24(16-33-15-22)36-27(29,30)31)18-2-4-19(5-3-18)25(21-10-12-32-13-11-21)20-6-8-23(28)9-7-20/h2-9,14-17,32H,10-13H2,1H3,(H,34,35)/t17-/m1/s1. The van der Waals surface area contributed by atoms with Crippen LogP contribution in [0.25, 0.3) is 5.57 Å². The number of halogens is 4. The van der Waals surface area contributed by atoms with E-state index in [0.717, 1.165) is 60.5 Å². The Morgan fingerprint density at radius 2 is 1.58 bits per heavy atom. The molecule has 1 aromatic heterocycles. The molecule has 1 aliphatic heterocycles. The van der Waals surface area contributed by atoms with Crippen LogP contribution in [0.5, 0.6) is 5.75 Å². The van der Waals surface area contributed by atoms with Gasteiger partial charge in [-0.3, -0.25) is 9.78 Å².